The molecule has 0 aliphatic carbocycles. The molecule has 0 unspecified atom stereocenters. The largest absolute Gasteiger partial charge is 0.427 e. The minimum Gasteiger partial charge on any atom is -0.427 e. The van der Waals surface area contributed by atoms with E-state index in [1.165, 1.54) is 19.3 Å². The molecule has 0 atom stereocenters. The van der Waals surface area contributed by atoms with Gasteiger partial charge in [0.15, 0.2) is 5.76 Å². The maximum Gasteiger partial charge on any atom is 0.317 e. The summed E-state index contributed by atoms with van der Waals surface area (Å²) in [5, 5.41) is 0. The van der Waals surface area contributed by atoms with Crippen LogP contribution in [0.3, 0.4) is 0 Å². The molecule has 0 N–H and O–H groups in total. The van der Waals surface area contributed by atoms with E-state index in [0.717, 1.165) is 12.8 Å². The summed E-state index contributed by atoms with van der Waals surface area (Å²) in [5.74, 6) is 0.580. The Bertz CT molecular complexity index is 140. The number of halogens is 1. The lowest BCUT2D eigenvalue weighted by atomic mass is 10.1. The van der Waals surface area contributed by atoms with Crippen molar-refractivity contribution in [3.63, 3.8) is 0 Å². The lowest BCUT2D eigenvalue weighted by molar-refractivity contribution is 0.363. The smallest absolute Gasteiger partial charge is 0.317 e. The second-order valence-corrected chi connectivity index (χ2v) is 2.61. The predicted molar refractivity (Wildman–Crippen MR) is 38.0 cm³/mol. The van der Waals surface area contributed by atoms with E-state index >= 15 is 0 Å². The van der Waals surface area contributed by atoms with Crippen LogP contribution in [0, 0.1) is 0 Å². The van der Waals surface area contributed by atoms with E-state index in [2.05, 4.69) is 11.7 Å². The normalized spacial score (nSPS) is 15.4. The third-order valence-corrected chi connectivity index (χ3v) is 1.65. The van der Waals surface area contributed by atoms with E-state index < -0.39 is 0 Å². The Hall–Kier alpha value is -0.530. The highest BCUT2D eigenvalue weighted by Crippen LogP contribution is 2.31. The molecule has 0 saturated carbocycles. The van der Waals surface area contributed by atoms with Gasteiger partial charge in [-0.1, -0.05) is 26.2 Å². The molecule has 1 nitrogen and oxygen atoms in total. The highest BCUT2D eigenvalue weighted by molar-refractivity contribution is 5.09. The van der Waals surface area contributed by atoms with Gasteiger partial charge in [0.1, 0.15) is 0 Å². The second-order valence-electron chi connectivity index (χ2n) is 2.61. The molecule has 0 saturated heterocycles. The van der Waals surface area contributed by atoms with Crippen LogP contribution >= 0.6 is 0 Å². The summed E-state index contributed by atoms with van der Waals surface area (Å²) in [6.45, 7) is 2.16. The summed E-state index contributed by atoms with van der Waals surface area (Å²) in [7, 11) is 0. The number of hydrogen-bond acceptors (Lipinski definition) is 1. The van der Waals surface area contributed by atoms with E-state index in [-0.39, 0.29) is 6.01 Å². The lowest BCUT2D eigenvalue weighted by Crippen LogP contribution is -1.74. The fourth-order valence-corrected chi connectivity index (χ4v) is 0.944. The zero-order valence-corrected chi connectivity index (χ0v) is 6.32. The summed E-state index contributed by atoms with van der Waals surface area (Å²) < 4.78 is 16.4. The maximum atomic E-state index is 11.9. The SMILES string of the molecule is CCCCCCC1=C(F)O1. The molecule has 1 heterocycles. The summed E-state index contributed by atoms with van der Waals surface area (Å²) in [6.07, 6.45) is 5.52. The van der Waals surface area contributed by atoms with Gasteiger partial charge in [0.2, 0.25) is 0 Å². The van der Waals surface area contributed by atoms with Gasteiger partial charge in [-0.05, 0) is 6.42 Å². The van der Waals surface area contributed by atoms with E-state index in [0.29, 0.717) is 5.76 Å². The van der Waals surface area contributed by atoms with Crippen molar-refractivity contribution < 1.29 is 9.13 Å². The van der Waals surface area contributed by atoms with Crippen LogP contribution in [-0.4, -0.2) is 0 Å². The molecule has 1 aliphatic heterocycles. The number of unbranched alkanes of at least 4 members (excludes halogenated alkanes) is 3. The maximum absolute atomic E-state index is 11.9. The van der Waals surface area contributed by atoms with Crippen LogP contribution in [0.15, 0.2) is 11.8 Å². The average molecular weight is 144 g/mol. The van der Waals surface area contributed by atoms with Crippen LogP contribution in [0.5, 0.6) is 0 Å². The van der Waals surface area contributed by atoms with Gasteiger partial charge in [0, 0.05) is 6.42 Å². The number of rotatable bonds is 5. The molecule has 0 aromatic carbocycles. The Morgan fingerprint density at radius 3 is 2.50 bits per heavy atom. The van der Waals surface area contributed by atoms with Gasteiger partial charge in [-0.3, -0.25) is 0 Å². The molecule has 0 aromatic heterocycles. The van der Waals surface area contributed by atoms with Crippen LogP contribution < -0.4 is 0 Å². The van der Waals surface area contributed by atoms with Crippen molar-refractivity contribution in [2.24, 2.45) is 0 Å². The lowest BCUT2D eigenvalue weighted by Gasteiger charge is -1.91. The molecule has 58 valence electrons. The minimum atomic E-state index is -0.337. The first-order chi connectivity index (χ1) is 4.84. The molecule has 0 fully saturated rings. The van der Waals surface area contributed by atoms with Crippen LogP contribution in [0.1, 0.15) is 39.0 Å². The number of hydrogen-bond donors (Lipinski definition) is 0. The average Bonchev–Trinajstić information content (AvgIpc) is 2.60. The first-order valence-corrected chi connectivity index (χ1v) is 3.91. The van der Waals surface area contributed by atoms with Gasteiger partial charge in [0.05, 0.1) is 0 Å². The highest BCUT2D eigenvalue weighted by atomic mass is 19.1. The van der Waals surface area contributed by atoms with E-state index in [4.69, 9.17) is 0 Å². The zero-order chi connectivity index (χ0) is 7.40. The highest BCUT2D eigenvalue weighted by Gasteiger charge is 2.23. The van der Waals surface area contributed by atoms with Gasteiger partial charge >= 0.3 is 6.01 Å². The summed E-state index contributed by atoms with van der Waals surface area (Å²) >= 11 is 0. The molecule has 0 spiro atoms. The zero-order valence-electron chi connectivity index (χ0n) is 6.32. The molecular formula is C8H13FO. The predicted octanol–water partition coefficient (Wildman–Crippen LogP) is 3.13. The molecule has 0 radical (unpaired) electrons. The minimum absolute atomic E-state index is 0.337. The van der Waals surface area contributed by atoms with E-state index in [1.54, 1.807) is 0 Å². The van der Waals surface area contributed by atoms with Crippen molar-refractivity contribution in [2.75, 3.05) is 0 Å². The third kappa shape index (κ3) is 2.38. The number of allylic oxidation sites excluding steroid dienone is 1. The third-order valence-electron chi connectivity index (χ3n) is 1.65. The Morgan fingerprint density at radius 1 is 1.30 bits per heavy atom. The summed E-state index contributed by atoms with van der Waals surface area (Å²) in [6, 6.07) is -0.337. The summed E-state index contributed by atoms with van der Waals surface area (Å²) in [4.78, 5) is 0. The van der Waals surface area contributed by atoms with Crippen LogP contribution in [0.2, 0.25) is 0 Å². The Morgan fingerprint density at radius 2 is 2.00 bits per heavy atom. The molecule has 0 amide bonds. The van der Waals surface area contributed by atoms with Crippen molar-refractivity contribution in [2.45, 2.75) is 39.0 Å². The molecule has 1 rings (SSSR count). The second kappa shape index (κ2) is 3.59. The van der Waals surface area contributed by atoms with Gasteiger partial charge in [-0.2, -0.15) is 4.39 Å². The van der Waals surface area contributed by atoms with E-state index in [1.807, 2.05) is 0 Å². The van der Waals surface area contributed by atoms with Crippen molar-refractivity contribution in [1.29, 1.82) is 0 Å². The quantitative estimate of drug-likeness (QED) is 0.540. The fraction of sp³-hybridized carbons (Fsp3) is 0.750. The van der Waals surface area contributed by atoms with Gasteiger partial charge in [0.25, 0.3) is 0 Å². The molecule has 0 bridgehead atoms. The van der Waals surface area contributed by atoms with Crippen molar-refractivity contribution in [3.8, 4) is 0 Å². The van der Waals surface area contributed by atoms with E-state index in [9.17, 15) is 4.39 Å². The fourth-order valence-electron chi connectivity index (χ4n) is 0.944. The monoisotopic (exact) mass is 144 g/mol. The topological polar surface area (TPSA) is 12.5 Å². The van der Waals surface area contributed by atoms with Crippen LogP contribution in [0.4, 0.5) is 4.39 Å². The first kappa shape index (κ1) is 7.58. The molecular weight excluding hydrogens is 131 g/mol. The van der Waals surface area contributed by atoms with Crippen LogP contribution in [0.25, 0.3) is 0 Å². The van der Waals surface area contributed by atoms with Gasteiger partial charge in [-0.15, -0.1) is 0 Å². The van der Waals surface area contributed by atoms with Crippen LogP contribution in [-0.2, 0) is 4.74 Å². The molecule has 1 aliphatic rings. The first-order valence-electron chi connectivity index (χ1n) is 3.91. The van der Waals surface area contributed by atoms with Gasteiger partial charge < -0.3 is 4.74 Å². The van der Waals surface area contributed by atoms with Crippen molar-refractivity contribution >= 4 is 0 Å². The Labute approximate surface area is 60.9 Å². The Balaban J connectivity index is 1.87. The molecule has 10 heavy (non-hydrogen) atoms. The number of ether oxygens (including phenoxy) is 1. The molecule has 2 heteroatoms. The standard InChI is InChI=1S/C8H13FO/c1-2-3-4-5-6-7-8(9)10-7/h2-6H2,1H3. The van der Waals surface area contributed by atoms with Gasteiger partial charge in [-0.25, -0.2) is 0 Å². The Kier molecular flexibility index (Phi) is 2.72. The molecule has 0 aromatic rings. The van der Waals surface area contributed by atoms with Crippen molar-refractivity contribution in [1.82, 2.24) is 0 Å². The van der Waals surface area contributed by atoms with Crippen molar-refractivity contribution in [3.05, 3.63) is 11.8 Å². The summed E-state index contributed by atoms with van der Waals surface area (Å²) in [5.41, 5.74) is 0.